The lowest BCUT2D eigenvalue weighted by molar-refractivity contribution is 0.474. The largest absolute Gasteiger partial charge is 0.296 e. The summed E-state index contributed by atoms with van der Waals surface area (Å²) in [7, 11) is 0. The second kappa shape index (κ2) is 4.99. The molecular weight excluding hydrogens is 217 g/mol. The van der Waals surface area contributed by atoms with Crippen LogP contribution in [0.15, 0.2) is 12.1 Å². The summed E-state index contributed by atoms with van der Waals surface area (Å²) in [4.78, 5) is 0. The van der Waals surface area contributed by atoms with Crippen LogP contribution in [0.25, 0.3) is 0 Å². The molecule has 0 aliphatic rings. The Morgan fingerprint density at radius 1 is 1.12 bits per heavy atom. The molecule has 1 atom stereocenters. The zero-order valence-electron chi connectivity index (χ0n) is 8.89. The van der Waals surface area contributed by atoms with Crippen LogP contribution in [0.4, 0.5) is 13.2 Å². The number of benzene rings is 1. The number of nitrogens with zero attached hydrogens (tertiary/aromatic N) is 1. The summed E-state index contributed by atoms with van der Waals surface area (Å²) in [5, 5.41) is 11.6. The minimum absolute atomic E-state index is 0.0721. The molecule has 0 spiro atoms. The summed E-state index contributed by atoms with van der Waals surface area (Å²) >= 11 is 0. The van der Waals surface area contributed by atoms with Gasteiger partial charge in [-0.25, -0.2) is 13.2 Å². The van der Waals surface area contributed by atoms with Crippen molar-refractivity contribution in [1.82, 2.24) is 5.32 Å². The number of nitrogens with one attached hydrogen (secondary N) is 1. The summed E-state index contributed by atoms with van der Waals surface area (Å²) in [5.74, 6) is -3.36. The van der Waals surface area contributed by atoms with Gasteiger partial charge in [0.2, 0.25) is 0 Å². The van der Waals surface area contributed by atoms with Crippen LogP contribution in [0, 0.1) is 28.8 Å². The molecule has 1 unspecified atom stereocenters. The molecule has 0 saturated heterocycles. The van der Waals surface area contributed by atoms with E-state index in [-0.39, 0.29) is 11.6 Å². The molecule has 2 nitrogen and oxygen atoms in total. The Hall–Kier alpha value is -1.54. The monoisotopic (exact) mass is 228 g/mol. The van der Waals surface area contributed by atoms with Gasteiger partial charge in [-0.15, -0.1) is 0 Å². The van der Waals surface area contributed by atoms with Gasteiger partial charge in [0.25, 0.3) is 0 Å². The molecule has 0 aliphatic carbocycles. The van der Waals surface area contributed by atoms with Gasteiger partial charge in [-0.3, -0.25) is 5.32 Å². The van der Waals surface area contributed by atoms with Gasteiger partial charge in [0.05, 0.1) is 6.07 Å². The Morgan fingerprint density at radius 2 is 1.69 bits per heavy atom. The van der Waals surface area contributed by atoms with Crippen LogP contribution in [-0.2, 0) is 0 Å². The third-order valence-electron chi connectivity index (χ3n) is 1.98. The van der Waals surface area contributed by atoms with Crippen LogP contribution in [0.2, 0.25) is 0 Å². The second-order valence-electron chi connectivity index (χ2n) is 3.67. The van der Waals surface area contributed by atoms with Crippen molar-refractivity contribution in [3.8, 4) is 6.07 Å². The Bertz CT molecular complexity index is 424. The second-order valence-corrected chi connectivity index (χ2v) is 3.67. The first-order valence-electron chi connectivity index (χ1n) is 4.75. The van der Waals surface area contributed by atoms with Crippen molar-refractivity contribution in [2.24, 2.45) is 0 Å². The predicted octanol–water partition coefficient (Wildman–Crippen LogP) is 2.67. The molecule has 1 rings (SSSR count). The van der Waals surface area contributed by atoms with E-state index in [0.717, 1.165) is 0 Å². The topological polar surface area (TPSA) is 35.8 Å². The van der Waals surface area contributed by atoms with Crippen molar-refractivity contribution in [3.63, 3.8) is 0 Å². The smallest absolute Gasteiger partial charge is 0.161 e. The predicted molar refractivity (Wildman–Crippen MR) is 52.9 cm³/mol. The van der Waals surface area contributed by atoms with Gasteiger partial charge in [-0.1, -0.05) is 0 Å². The summed E-state index contributed by atoms with van der Waals surface area (Å²) in [6, 6.07) is 1.88. The highest BCUT2D eigenvalue weighted by Gasteiger charge is 2.18. The average molecular weight is 228 g/mol. The molecule has 0 radical (unpaired) electrons. The molecule has 1 aromatic carbocycles. The van der Waals surface area contributed by atoms with E-state index < -0.39 is 23.5 Å². The molecule has 16 heavy (non-hydrogen) atoms. The van der Waals surface area contributed by atoms with E-state index in [0.29, 0.717) is 12.1 Å². The normalized spacial score (nSPS) is 12.6. The maximum Gasteiger partial charge on any atom is 0.161 e. The molecule has 0 aromatic heterocycles. The van der Waals surface area contributed by atoms with Crippen molar-refractivity contribution in [1.29, 1.82) is 5.26 Å². The van der Waals surface area contributed by atoms with Crippen LogP contribution >= 0.6 is 0 Å². The third-order valence-corrected chi connectivity index (χ3v) is 1.98. The number of nitriles is 1. The fourth-order valence-corrected chi connectivity index (χ4v) is 1.29. The van der Waals surface area contributed by atoms with Gasteiger partial charge in [0.1, 0.15) is 11.9 Å². The minimum Gasteiger partial charge on any atom is -0.296 e. The fraction of sp³-hybridized carbons (Fsp3) is 0.364. The molecule has 0 fully saturated rings. The van der Waals surface area contributed by atoms with E-state index >= 15 is 0 Å². The maximum absolute atomic E-state index is 13.3. The van der Waals surface area contributed by atoms with Gasteiger partial charge in [0.15, 0.2) is 11.6 Å². The first kappa shape index (κ1) is 12.5. The molecule has 0 aliphatic heterocycles. The molecule has 0 saturated carbocycles. The van der Waals surface area contributed by atoms with Crippen LogP contribution in [0.5, 0.6) is 0 Å². The van der Waals surface area contributed by atoms with Crippen molar-refractivity contribution in [2.45, 2.75) is 25.9 Å². The van der Waals surface area contributed by atoms with Crippen molar-refractivity contribution in [3.05, 3.63) is 35.1 Å². The minimum atomic E-state index is -1.26. The highest BCUT2D eigenvalue weighted by molar-refractivity contribution is 5.27. The molecule has 86 valence electrons. The highest BCUT2D eigenvalue weighted by Crippen LogP contribution is 2.20. The quantitative estimate of drug-likeness (QED) is 0.807. The molecule has 1 aromatic rings. The lowest BCUT2D eigenvalue weighted by atomic mass is 10.1. The van der Waals surface area contributed by atoms with Gasteiger partial charge in [-0.05, 0) is 19.9 Å². The first-order chi connectivity index (χ1) is 7.45. The lowest BCUT2D eigenvalue weighted by Crippen LogP contribution is -2.28. The van der Waals surface area contributed by atoms with E-state index in [1.54, 1.807) is 19.9 Å². The van der Waals surface area contributed by atoms with Crippen molar-refractivity contribution in [2.75, 3.05) is 0 Å². The van der Waals surface area contributed by atoms with E-state index in [4.69, 9.17) is 5.26 Å². The van der Waals surface area contributed by atoms with E-state index in [1.165, 1.54) is 0 Å². The van der Waals surface area contributed by atoms with Gasteiger partial charge < -0.3 is 0 Å². The highest BCUT2D eigenvalue weighted by atomic mass is 19.2. The van der Waals surface area contributed by atoms with Gasteiger partial charge in [-0.2, -0.15) is 5.26 Å². The van der Waals surface area contributed by atoms with E-state index in [9.17, 15) is 13.2 Å². The van der Waals surface area contributed by atoms with Gasteiger partial charge >= 0.3 is 0 Å². The average Bonchev–Trinajstić information content (AvgIpc) is 2.20. The van der Waals surface area contributed by atoms with Gasteiger partial charge in [0, 0.05) is 17.7 Å². The third kappa shape index (κ3) is 2.74. The van der Waals surface area contributed by atoms with Crippen molar-refractivity contribution < 1.29 is 13.2 Å². The number of halogens is 3. The fourth-order valence-electron chi connectivity index (χ4n) is 1.29. The SMILES string of the molecule is CC(C)NC(C#N)c1cc(F)c(F)cc1F. The van der Waals surface area contributed by atoms with Crippen molar-refractivity contribution >= 4 is 0 Å². The van der Waals surface area contributed by atoms with Crippen LogP contribution in [0.3, 0.4) is 0 Å². The Kier molecular flexibility index (Phi) is 3.91. The molecule has 5 heteroatoms. The molecule has 0 bridgehead atoms. The molecular formula is C11H11F3N2. The van der Waals surface area contributed by atoms with Crippen LogP contribution in [-0.4, -0.2) is 6.04 Å². The number of hydrogen-bond donors (Lipinski definition) is 1. The van der Waals surface area contributed by atoms with E-state index in [1.807, 2.05) is 0 Å². The zero-order chi connectivity index (χ0) is 12.3. The van der Waals surface area contributed by atoms with Crippen LogP contribution < -0.4 is 5.32 Å². The van der Waals surface area contributed by atoms with Crippen LogP contribution in [0.1, 0.15) is 25.5 Å². The number of hydrogen-bond acceptors (Lipinski definition) is 2. The Balaban J connectivity index is 3.11. The number of rotatable bonds is 3. The Morgan fingerprint density at radius 3 is 2.19 bits per heavy atom. The standard InChI is InChI=1S/C11H11F3N2/c1-6(2)16-11(5-15)7-3-9(13)10(14)4-8(7)12/h3-4,6,11,16H,1-2H3. The van der Waals surface area contributed by atoms with E-state index in [2.05, 4.69) is 5.32 Å². The summed E-state index contributed by atoms with van der Waals surface area (Å²) in [6.07, 6.45) is 0. The lowest BCUT2D eigenvalue weighted by Gasteiger charge is -2.15. The molecule has 0 heterocycles. The summed E-state index contributed by atoms with van der Waals surface area (Å²) in [5.41, 5.74) is -0.185. The molecule has 1 N–H and O–H groups in total. The molecule has 0 amide bonds. The summed E-state index contributed by atoms with van der Waals surface area (Å²) < 4.78 is 38.9. The first-order valence-corrected chi connectivity index (χ1v) is 4.75. The summed E-state index contributed by atoms with van der Waals surface area (Å²) in [6.45, 7) is 3.53. The zero-order valence-corrected chi connectivity index (χ0v) is 8.89. The maximum atomic E-state index is 13.3. The Labute approximate surface area is 91.7 Å².